The number of anilines is 2. The highest BCUT2D eigenvalue weighted by Gasteiger charge is 2.06. The van der Waals surface area contributed by atoms with Crippen LogP contribution in [0.5, 0.6) is 5.75 Å². The molecule has 1 heterocycles. The van der Waals surface area contributed by atoms with Crippen LogP contribution in [0.3, 0.4) is 0 Å². The van der Waals surface area contributed by atoms with Crippen LogP contribution in [0, 0.1) is 6.92 Å². The fourth-order valence-electron chi connectivity index (χ4n) is 2.70. The van der Waals surface area contributed by atoms with Gasteiger partial charge in [0.15, 0.2) is 0 Å². The normalized spacial score (nSPS) is 10.6. The summed E-state index contributed by atoms with van der Waals surface area (Å²) in [5.41, 5.74) is 1.83. The molecular formula is C21H23N3O3. The van der Waals surface area contributed by atoms with E-state index in [1.807, 2.05) is 55.5 Å². The molecule has 6 heteroatoms. The molecule has 0 saturated heterocycles. The highest BCUT2D eigenvalue weighted by Crippen LogP contribution is 2.25. The van der Waals surface area contributed by atoms with Crippen LogP contribution in [0.1, 0.15) is 25.6 Å². The lowest BCUT2D eigenvalue weighted by molar-refractivity contribution is -0.143. The number of rotatable bonds is 8. The van der Waals surface area contributed by atoms with Crippen LogP contribution in [-0.4, -0.2) is 29.2 Å². The Morgan fingerprint density at radius 1 is 1.07 bits per heavy atom. The van der Waals surface area contributed by atoms with Crippen molar-refractivity contribution >= 4 is 28.4 Å². The van der Waals surface area contributed by atoms with Crippen molar-refractivity contribution in [2.45, 2.75) is 26.7 Å². The number of esters is 1. The molecule has 0 amide bonds. The van der Waals surface area contributed by atoms with E-state index in [0.29, 0.717) is 26.1 Å². The van der Waals surface area contributed by atoms with E-state index in [1.165, 1.54) is 0 Å². The standard InChI is InChI=1S/C21H23N3O3/c1-3-26-20(25)9-6-14-27-17-12-10-16(11-13-17)24-21-18-7-4-5-8-19(18)22-15(2)23-21/h4-5,7-8,10-13H,3,6,9,14H2,1-2H3,(H,22,23,24). The molecular weight excluding hydrogens is 342 g/mol. The van der Waals surface area contributed by atoms with Gasteiger partial charge in [-0.1, -0.05) is 12.1 Å². The monoisotopic (exact) mass is 365 g/mol. The van der Waals surface area contributed by atoms with Crippen molar-refractivity contribution in [3.8, 4) is 5.75 Å². The zero-order chi connectivity index (χ0) is 19.1. The van der Waals surface area contributed by atoms with E-state index in [9.17, 15) is 4.79 Å². The fourth-order valence-corrected chi connectivity index (χ4v) is 2.70. The summed E-state index contributed by atoms with van der Waals surface area (Å²) in [4.78, 5) is 20.3. The molecule has 3 aromatic rings. The Kier molecular flexibility index (Phi) is 6.20. The lowest BCUT2D eigenvalue weighted by Crippen LogP contribution is -2.06. The van der Waals surface area contributed by atoms with Crippen molar-refractivity contribution in [3.63, 3.8) is 0 Å². The first-order valence-corrected chi connectivity index (χ1v) is 9.04. The van der Waals surface area contributed by atoms with Crippen LogP contribution in [0.4, 0.5) is 11.5 Å². The molecule has 0 bridgehead atoms. The van der Waals surface area contributed by atoms with Gasteiger partial charge >= 0.3 is 5.97 Å². The van der Waals surface area contributed by atoms with E-state index in [2.05, 4.69) is 15.3 Å². The van der Waals surface area contributed by atoms with Gasteiger partial charge in [0.1, 0.15) is 17.4 Å². The molecule has 0 fully saturated rings. The van der Waals surface area contributed by atoms with Gasteiger partial charge in [-0.2, -0.15) is 0 Å². The second kappa shape index (κ2) is 8.98. The zero-order valence-corrected chi connectivity index (χ0v) is 15.6. The van der Waals surface area contributed by atoms with Gasteiger partial charge < -0.3 is 14.8 Å². The molecule has 0 spiro atoms. The Bertz CT molecular complexity index is 910. The van der Waals surface area contributed by atoms with E-state index in [0.717, 1.165) is 34.0 Å². The summed E-state index contributed by atoms with van der Waals surface area (Å²) in [5, 5.41) is 4.32. The van der Waals surface area contributed by atoms with Gasteiger partial charge in [0.2, 0.25) is 0 Å². The van der Waals surface area contributed by atoms with Gasteiger partial charge in [-0.3, -0.25) is 4.79 Å². The van der Waals surface area contributed by atoms with Crippen LogP contribution >= 0.6 is 0 Å². The predicted octanol–water partition coefficient (Wildman–Crippen LogP) is 4.40. The van der Waals surface area contributed by atoms with E-state index in [4.69, 9.17) is 9.47 Å². The highest BCUT2D eigenvalue weighted by atomic mass is 16.5. The summed E-state index contributed by atoms with van der Waals surface area (Å²) < 4.78 is 10.6. The first kappa shape index (κ1) is 18.6. The highest BCUT2D eigenvalue weighted by molar-refractivity contribution is 5.90. The van der Waals surface area contributed by atoms with Crippen LogP contribution in [0.25, 0.3) is 10.9 Å². The molecule has 0 aliphatic heterocycles. The zero-order valence-electron chi connectivity index (χ0n) is 15.6. The summed E-state index contributed by atoms with van der Waals surface area (Å²) in [5.74, 6) is 2.07. The minimum absolute atomic E-state index is 0.187. The third-order valence-corrected chi connectivity index (χ3v) is 3.93. The Labute approximate surface area is 158 Å². The number of aryl methyl sites for hydroxylation is 1. The maximum Gasteiger partial charge on any atom is 0.305 e. The van der Waals surface area contributed by atoms with Gasteiger partial charge in [0, 0.05) is 17.5 Å². The molecule has 0 radical (unpaired) electrons. The third-order valence-electron chi connectivity index (χ3n) is 3.93. The van der Waals surface area contributed by atoms with Crippen LogP contribution in [-0.2, 0) is 9.53 Å². The molecule has 0 atom stereocenters. The molecule has 0 aliphatic carbocycles. The molecule has 140 valence electrons. The summed E-state index contributed by atoms with van der Waals surface area (Å²) in [6.45, 7) is 4.57. The number of ether oxygens (including phenoxy) is 2. The van der Waals surface area contributed by atoms with Gasteiger partial charge in [-0.05, 0) is 56.7 Å². The summed E-state index contributed by atoms with van der Waals surface area (Å²) >= 11 is 0. The number of benzene rings is 2. The van der Waals surface area contributed by atoms with Crippen molar-refractivity contribution in [2.75, 3.05) is 18.5 Å². The van der Waals surface area contributed by atoms with Gasteiger partial charge in [0.25, 0.3) is 0 Å². The number of hydrogen-bond acceptors (Lipinski definition) is 6. The molecule has 0 aliphatic rings. The van der Waals surface area contributed by atoms with Crippen molar-refractivity contribution < 1.29 is 14.3 Å². The molecule has 27 heavy (non-hydrogen) atoms. The summed E-state index contributed by atoms with van der Waals surface area (Å²) in [7, 11) is 0. The van der Waals surface area contributed by atoms with E-state index in [-0.39, 0.29) is 5.97 Å². The Morgan fingerprint density at radius 3 is 2.63 bits per heavy atom. The third kappa shape index (κ3) is 5.17. The Hall–Kier alpha value is -3.15. The Morgan fingerprint density at radius 2 is 1.85 bits per heavy atom. The number of para-hydroxylation sites is 1. The second-order valence-electron chi connectivity index (χ2n) is 6.04. The number of nitrogens with one attached hydrogen (secondary N) is 1. The molecule has 1 N–H and O–H groups in total. The van der Waals surface area contributed by atoms with Crippen LogP contribution in [0.2, 0.25) is 0 Å². The maximum atomic E-state index is 11.3. The molecule has 0 unspecified atom stereocenters. The molecule has 2 aromatic carbocycles. The van der Waals surface area contributed by atoms with E-state index in [1.54, 1.807) is 6.92 Å². The predicted molar refractivity (Wildman–Crippen MR) is 105 cm³/mol. The molecule has 3 rings (SSSR count). The lowest BCUT2D eigenvalue weighted by Gasteiger charge is -2.11. The largest absolute Gasteiger partial charge is 0.494 e. The first-order valence-electron chi connectivity index (χ1n) is 9.04. The number of fused-ring (bicyclic) bond motifs is 1. The Balaban J connectivity index is 1.59. The van der Waals surface area contributed by atoms with Crippen molar-refractivity contribution in [2.24, 2.45) is 0 Å². The van der Waals surface area contributed by atoms with Crippen molar-refractivity contribution in [3.05, 3.63) is 54.4 Å². The van der Waals surface area contributed by atoms with E-state index < -0.39 is 0 Å². The summed E-state index contributed by atoms with van der Waals surface area (Å²) in [6, 6.07) is 15.6. The number of aromatic nitrogens is 2. The smallest absolute Gasteiger partial charge is 0.305 e. The van der Waals surface area contributed by atoms with Crippen LogP contribution < -0.4 is 10.1 Å². The average Bonchev–Trinajstić information content (AvgIpc) is 2.66. The fraction of sp³-hybridized carbons (Fsp3) is 0.286. The number of hydrogen-bond donors (Lipinski definition) is 1. The molecule has 1 aromatic heterocycles. The maximum absolute atomic E-state index is 11.3. The van der Waals surface area contributed by atoms with Gasteiger partial charge in [0.05, 0.1) is 18.7 Å². The topological polar surface area (TPSA) is 73.3 Å². The number of carbonyl (C=O) groups excluding carboxylic acids is 1. The van der Waals surface area contributed by atoms with Gasteiger partial charge in [-0.25, -0.2) is 9.97 Å². The minimum atomic E-state index is -0.187. The first-order chi connectivity index (χ1) is 13.2. The SMILES string of the molecule is CCOC(=O)CCCOc1ccc(Nc2nc(C)nc3ccccc23)cc1. The lowest BCUT2D eigenvalue weighted by atomic mass is 10.2. The van der Waals surface area contributed by atoms with Crippen LogP contribution in [0.15, 0.2) is 48.5 Å². The van der Waals surface area contributed by atoms with Gasteiger partial charge in [-0.15, -0.1) is 0 Å². The van der Waals surface area contributed by atoms with Crippen molar-refractivity contribution in [1.82, 2.24) is 9.97 Å². The number of carbonyl (C=O) groups is 1. The minimum Gasteiger partial charge on any atom is -0.494 e. The van der Waals surface area contributed by atoms with Crippen molar-refractivity contribution in [1.29, 1.82) is 0 Å². The van der Waals surface area contributed by atoms with E-state index >= 15 is 0 Å². The average molecular weight is 365 g/mol. The molecule has 6 nitrogen and oxygen atoms in total. The quantitative estimate of drug-likeness (QED) is 0.471. The summed E-state index contributed by atoms with van der Waals surface area (Å²) in [6.07, 6.45) is 0.999. The second-order valence-corrected chi connectivity index (χ2v) is 6.04. The number of nitrogens with zero attached hydrogens (tertiary/aromatic N) is 2. The molecule has 0 saturated carbocycles.